The molecule has 1 atom stereocenters. The van der Waals surface area contributed by atoms with Gasteiger partial charge in [-0.2, -0.15) is 15.2 Å². The third-order valence-corrected chi connectivity index (χ3v) is 6.71. The van der Waals surface area contributed by atoms with Crippen LogP contribution in [0.5, 0.6) is 0 Å². The van der Waals surface area contributed by atoms with Crippen molar-refractivity contribution in [2.45, 2.75) is 58.2 Å². The van der Waals surface area contributed by atoms with Crippen molar-refractivity contribution in [3.63, 3.8) is 0 Å². The molecule has 1 unspecified atom stereocenters. The minimum Gasteiger partial charge on any atom is -0.444 e. The Morgan fingerprint density at radius 2 is 1.92 bits per heavy atom. The highest BCUT2D eigenvalue weighted by atomic mass is 35.5. The van der Waals surface area contributed by atoms with Crippen LogP contribution in [-0.2, 0) is 4.74 Å². The summed E-state index contributed by atoms with van der Waals surface area (Å²) in [5.41, 5.74) is 5.32. The monoisotopic (exact) mass is 558 g/mol. The number of amides is 1. The summed E-state index contributed by atoms with van der Waals surface area (Å²) in [6, 6.07) is 6.21. The maximum atomic E-state index is 13.8. The van der Waals surface area contributed by atoms with Gasteiger partial charge in [0.25, 0.3) is 5.56 Å². The van der Waals surface area contributed by atoms with Crippen LogP contribution in [-0.4, -0.2) is 49.2 Å². The zero-order chi connectivity index (χ0) is 27.8. The molecule has 1 fully saturated rings. The first-order valence-electron chi connectivity index (χ1n) is 12.1. The number of anilines is 2. The standard InChI is InChI=1S/C25H28Cl2N8O3/c1-13(30-20-15(12-28)19(27)32-23(29)33-20)21-31-17-7-5-6-16(26)18(17)22(36)35(21)14-8-10-34(11-9-14)24(37)38-25(2,3)4/h5-7,13-14H,8-11H2,1-4H3,(H3,29,30,32,33). The predicted octanol–water partition coefficient (Wildman–Crippen LogP) is 4.69. The molecule has 0 radical (unpaired) electrons. The van der Waals surface area contributed by atoms with E-state index >= 15 is 0 Å². The molecule has 0 bridgehead atoms. The Morgan fingerprint density at radius 1 is 1.24 bits per heavy atom. The number of likely N-dealkylation sites (tertiary alicyclic amines) is 1. The number of nitriles is 1. The van der Waals surface area contributed by atoms with Crippen LogP contribution in [0.2, 0.25) is 10.2 Å². The van der Waals surface area contributed by atoms with Gasteiger partial charge in [0, 0.05) is 19.1 Å². The van der Waals surface area contributed by atoms with Gasteiger partial charge < -0.3 is 20.7 Å². The molecule has 1 aliphatic heterocycles. The van der Waals surface area contributed by atoms with Crippen LogP contribution in [0.1, 0.15) is 64.0 Å². The Balaban J connectivity index is 1.73. The number of carbonyl (C=O) groups excluding carboxylic acids is 1. The quantitative estimate of drug-likeness (QED) is 0.434. The van der Waals surface area contributed by atoms with Crippen molar-refractivity contribution in [2.75, 3.05) is 24.1 Å². The Bertz CT molecular complexity index is 1490. The lowest BCUT2D eigenvalue weighted by atomic mass is 10.0. The summed E-state index contributed by atoms with van der Waals surface area (Å²) in [6.45, 7) is 8.06. The Morgan fingerprint density at radius 3 is 2.55 bits per heavy atom. The van der Waals surface area contributed by atoms with Gasteiger partial charge in [0.15, 0.2) is 11.0 Å². The van der Waals surface area contributed by atoms with E-state index in [0.717, 1.165) is 0 Å². The normalized spacial score (nSPS) is 15.2. The van der Waals surface area contributed by atoms with Crippen molar-refractivity contribution in [3.05, 3.63) is 50.1 Å². The Labute approximate surface area is 229 Å². The number of halogens is 2. The molecule has 3 heterocycles. The number of piperidine rings is 1. The molecule has 13 heteroatoms. The Kier molecular flexibility index (Phi) is 7.67. The SMILES string of the molecule is CC(Nc1nc(N)nc(Cl)c1C#N)c1nc2cccc(Cl)c2c(=O)n1C1CCN(C(=O)OC(C)(C)C)CC1. The summed E-state index contributed by atoms with van der Waals surface area (Å²) in [5.74, 6) is 0.441. The number of aromatic nitrogens is 4. The Hall–Kier alpha value is -3.62. The number of fused-ring (bicyclic) bond motifs is 1. The highest BCUT2D eigenvalue weighted by Crippen LogP contribution is 2.30. The number of rotatable bonds is 4. The molecular weight excluding hydrogens is 531 g/mol. The average Bonchev–Trinajstić information content (AvgIpc) is 2.82. The van der Waals surface area contributed by atoms with Crippen molar-refractivity contribution in [1.82, 2.24) is 24.4 Å². The molecule has 1 aromatic carbocycles. The number of hydrogen-bond acceptors (Lipinski definition) is 9. The number of benzene rings is 1. The van der Waals surface area contributed by atoms with Crippen LogP contribution in [0.4, 0.5) is 16.6 Å². The van der Waals surface area contributed by atoms with Crippen molar-refractivity contribution >= 4 is 52.0 Å². The van der Waals surface area contributed by atoms with Crippen LogP contribution < -0.4 is 16.6 Å². The molecule has 3 aromatic rings. The third kappa shape index (κ3) is 5.61. The van der Waals surface area contributed by atoms with Crippen LogP contribution in [0.25, 0.3) is 10.9 Å². The average molecular weight is 559 g/mol. The fourth-order valence-corrected chi connectivity index (χ4v) is 4.90. The molecule has 1 saturated heterocycles. The van der Waals surface area contributed by atoms with Gasteiger partial charge in [-0.25, -0.2) is 9.78 Å². The van der Waals surface area contributed by atoms with Gasteiger partial charge >= 0.3 is 6.09 Å². The van der Waals surface area contributed by atoms with Gasteiger partial charge in [0.05, 0.1) is 22.0 Å². The van der Waals surface area contributed by atoms with Gasteiger partial charge in [0.1, 0.15) is 23.1 Å². The van der Waals surface area contributed by atoms with E-state index in [2.05, 4.69) is 15.3 Å². The van der Waals surface area contributed by atoms with E-state index in [9.17, 15) is 14.9 Å². The number of nitrogens with zero attached hydrogens (tertiary/aromatic N) is 6. The number of nitrogen functional groups attached to an aromatic ring is 1. The lowest BCUT2D eigenvalue weighted by Crippen LogP contribution is -2.44. The summed E-state index contributed by atoms with van der Waals surface area (Å²) in [5, 5.41) is 13.2. The van der Waals surface area contributed by atoms with Crippen molar-refractivity contribution < 1.29 is 9.53 Å². The summed E-state index contributed by atoms with van der Waals surface area (Å²) in [6.07, 6.45) is 0.624. The molecule has 38 heavy (non-hydrogen) atoms. The van der Waals surface area contributed by atoms with E-state index in [4.69, 9.17) is 38.7 Å². The molecule has 11 nitrogen and oxygen atoms in total. The van der Waals surface area contributed by atoms with Gasteiger partial charge in [-0.3, -0.25) is 9.36 Å². The summed E-state index contributed by atoms with van der Waals surface area (Å²) >= 11 is 12.5. The predicted molar refractivity (Wildman–Crippen MR) is 145 cm³/mol. The van der Waals surface area contributed by atoms with Gasteiger partial charge in [-0.15, -0.1) is 0 Å². The smallest absolute Gasteiger partial charge is 0.410 e. The second kappa shape index (κ2) is 10.6. The topological polar surface area (TPSA) is 152 Å². The molecule has 2 aromatic heterocycles. The number of hydrogen-bond donors (Lipinski definition) is 2. The molecule has 4 rings (SSSR count). The van der Waals surface area contributed by atoms with Crippen LogP contribution in [0.15, 0.2) is 23.0 Å². The highest BCUT2D eigenvalue weighted by molar-refractivity contribution is 6.35. The van der Waals surface area contributed by atoms with Crippen molar-refractivity contribution in [3.8, 4) is 6.07 Å². The summed E-state index contributed by atoms with van der Waals surface area (Å²) in [7, 11) is 0. The maximum absolute atomic E-state index is 13.8. The van der Waals surface area contributed by atoms with E-state index in [0.29, 0.717) is 47.7 Å². The second-order valence-corrected chi connectivity index (χ2v) is 10.8. The maximum Gasteiger partial charge on any atom is 0.410 e. The minimum absolute atomic E-state index is 0.0242. The fraction of sp³-hybridized carbons (Fsp3) is 0.440. The molecule has 200 valence electrons. The molecule has 0 spiro atoms. The zero-order valence-electron chi connectivity index (χ0n) is 21.5. The van der Waals surface area contributed by atoms with E-state index in [1.807, 2.05) is 26.8 Å². The van der Waals surface area contributed by atoms with Gasteiger partial charge in [-0.05, 0) is 52.7 Å². The van der Waals surface area contributed by atoms with E-state index in [1.165, 1.54) is 0 Å². The lowest BCUT2D eigenvalue weighted by molar-refractivity contribution is 0.0186. The molecule has 3 N–H and O–H groups in total. The summed E-state index contributed by atoms with van der Waals surface area (Å²) < 4.78 is 7.13. The second-order valence-electron chi connectivity index (χ2n) is 10.1. The van der Waals surface area contributed by atoms with Crippen LogP contribution in [0.3, 0.4) is 0 Å². The van der Waals surface area contributed by atoms with Gasteiger partial charge in [0.2, 0.25) is 5.95 Å². The van der Waals surface area contributed by atoms with Crippen LogP contribution >= 0.6 is 23.2 Å². The largest absolute Gasteiger partial charge is 0.444 e. The first kappa shape index (κ1) is 27.4. The molecule has 1 amide bonds. The number of nitrogens with one attached hydrogen (secondary N) is 1. The van der Waals surface area contributed by atoms with E-state index < -0.39 is 11.6 Å². The highest BCUT2D eigenvalue weighted by Gasteiger charge is 2.31. The van der Waals surface area contributed by atoms with Gasteiger partial charge in [-0.1, -0.05) is 29.3 Å². The van der Waals surface area contributed by atoms with Crippen molar-refractivity contribution in [1.29, 1.82) is 5.26 Å². The lowest BCUT2D eigenvalue weighted by Gasteiger charge is -2.35. The number of ether oxygens (including phenoxy) is 1. The van der Waals surface area contributed by atoms with E-state index in [1.54, 1.807) is 34.6 Å². The molecule has 0 saturated carbocycles. The minimum atomic E-state index is -0.603. The summed E-state index contributed by atoms with van der Waals surface area (Å²) in [4.78, 5) is 40.8. The van der Waals surface area contributed by atoms with Crippen molar-refractivity contribution in [2.24, 2.45) is 0 Å². The molecular formula is C25H28Cl2N8O3. The molecule has 0 aliphatic carbocycles. The third-order valence-electron chi connectivity index (χ3n) is 6.12. The number of carbonyl (C=O) groups is 1. The molecule has 1 aliphatic rings. The van der Waals surface area contributed by atoms with E-state index in [-0.39, 0.29) is 40.2 Å². The zero-order valence-corrected chi connectivity index (χ0v) is 23.0. The fourth-order valence-electron chi connectivity index (χ4n) is 4.43. The first-order valence-corrected chi connectivity index (χ1v) is 12.8. The number of nitrogens with two attached hydrogens (primary N) is 1. The van der Waals surface area contributed by atoms with Crippen LogP contribution in [0, 0.1) is 11.3 Å². The first-order chi connectivity index (χ1) is 17.9.